The quantitative estimate of drug-likeness (QED) is 0.533. The van der Waals surface area contributed by atoms with Crippen molar-refractivity contribution in [3.05, 3.63) is 0 Å². The lowest BCUT2D eigenvalue weighted by molar-refractivity contribution is -0.0352. The summed E-state index contributed by atoms with van der Waals surface area (Å²) in [6.45, 7) is 9.18. The first kappa shape index (κ1) is 20.8. The van der Waals surface area contributed by atoms with E-state index in [0.717, 1.165) is 65.0 Å². The van der Waals surface area contributed by atoms with Gasteiger partial charge in [0.15, 0.2) is 5.96 Å². The average molecular weight is 381 g/mol. The lowest BCUT2D eigenvalue weighted by Crippen LogP contribution is -2.61. The molecule has 2 heterocycles. The molecule has 3 rings (SSSR count). The van der Waals surface area contributed by atoms with Crippen LogP contribution < -0.4 is 10.6 Å². The van der Waals surface area contributed by atoms with Crippen molar-refractivity contribution >= 4 is 5.96 Å². The van der Waals surface area contributed by atoms with E-state index in [4.69, 9.17) is 4.74 Å². The van der Waals surface area contributed by atoms with Gasteiger partial charge in [0.05, 0.1) is 13.2 Å². The zero-order valence-corrected chi connectivity index (χ0v) is 17.7. The van der Waals surface area contributed by atoms with Crippen molar-refractivity contribution < 1.29 is 4.74 Å². The molecule has 156 valence electrons. The maximum absolute atomic E-state index is 5.60. The predicted octanol–water partition coefficient (Wildman–Crippen LogP) is 0.432. The Bertz CT molecular complexity index is 473. The molecule has 2 saturated heterocycles. The number of aliphatic imine (C=N–C) groups is 1. The molecule has 1 unspecified atom stereocenters. The van der Waals surface area contributed by atoms with E-state index in [1.165, 1.54) is 32.1 Å². The summed E-state index contributed by atoms with van der Waals surface area (Å²) >= 11 is 0. The highest BCUT2D eigenvalue weighted by molar-refractivity contribution is 5.79. The first-order chi connectivity index (χ1) is 13.1. The average Bonchev–Trinajstić information content (AvgIpc) is 2.72. The van der Waals surface area contributed by atoms with Crippen LogP contribution in [0.4, 0.5) is 0 Å². The Morgan fingerprint density at radius 2 is 1.78 bits per heavy atom. The molecule has 0 amide bonds. The van der Waals surface area contributed by atoms with Gasteiger partial charge in [0.2, 0.25) is 0 Å². The van der Waals surface area contributed by atoms with Gasteiger partial charge in [0, 0.05) is 64.4 Å². The highest BCUT2D eigenvalue weighted by Crippen LogP contribution is 2.33. The maximum atomic E-state index is 5.60. The van der Waals surface area contributed by atoms with E-state index < -0.39 is 0 Å². The molecule has 27 heavy (non-hydrogen) atoms. The molecule has 2 N–H and O–H groups in total. The Labute approximate surface area is 165 Å². The predicted molar refractivity (Wildman–Crippen MR) is 111 cm³/mol. The summed E-state index contributed by atoms with van der Waals surface area (Å²) in [6.07, 6.45) is 6.62. The van der Waals surface area contributed by atoms with Crippen LogP contribution in [0.25, 0.3) is 0 Å². The second kappa shape index (κ2) is 10.0. The molecule has 0 spiro atoms. The molecule has 7 heteroatoms. The van der Waals surface area contributed by atoms with Gasteiger partial charge in [-0.3, -0.25) is 14.8 Å². The third-order valence-corrected chi connectivity index (χ3v) is 6.76. The Morgan fingerprint density at radius 1 is 1.04 bits per heavy atom. The summed E-state index contributed by atoms with van der Waals surface area (Å²) in [5.74, 6) is 0.940. The van der Waals surface area contributed by atoms with Crippen molar-refractivity contribution in [2.75, 3.05) is 80.2 Å². The van der Waals surface area contributed by atoms with Crippen LogP contribution in [0.3, 0.4) is 0 Å². The molecule has 7 nitrogen and oxygen atoms in total. The third kappa shape index (κ3) is 5.56. The molecule has 3 aliphatic rings. The van der Waals surface area contributed by atoms with E-state index >= 15 is 0 Å². The van der Waals surface area contributed by atoms with Crippen molar-refractivity contribution in [2.24, 2.45) is 4.99 Å². The molecule has 0 aromatic heterocycles. The summed E-state index contributed by atoms with van der Waals surface area (Å²) < 4.78 is 5.60. The lowest BCUT2D eigenvalue weighted by Gasteiger charge is -2.48. The minimum atomic E-state index is 0.265. The van der Waals surface area contributed by atoms with E-state index in [1.807, 2.05) is 7.05 Å². The van der Waals surface area contributed by atoms with Crippen LogP contribution in [0.1, 0.15) is 32.1 Å². The van der Waals surface area contributed by atoms with Gasteiger partial charge in [-0.15, -0.1) is 0 Å². The number of guanidine groups is 1. The smallest absolute Gasteiger partial charge is 0.191 e. The number of hydrogen-bond donors (Lipinski definition) is 2. The molecule has 1 saturated carbocycles. The van der Waals surface area contributed by atoms with Crippen LogP contribution in [-0.4, -0.2) is 112 Å². The Balaban J connectivity index is 1.53. The number of nitrogens with zero attached hydrogens (tertiary/aromatic N) is 4. The summed E-state index contributed by atoms with van der Waals surface area (Å²) in [7, 11) is 6.32. The molecule has 0 aromatic carbocycles. The van der Waals surface area contributed by atoms with Gasteiger partial charge >= 0.3 is 0 Å². The number of hydrogen-bond acceptors (Lipinski definition) is 5. The van der Waals surface area contributed by atoms with Crippen LogP contribution >= 0.6 is 0 Å². The van der Waals surface area contributed by atoms with E-state index in [-0.39, 0.29) is 5.54 Å². The Hall–Kier alpha value is -0.890. The number of nitrogens with one attached hydrogen (secondary N) is 2. The molecule has 0 bridgehead atoms. The van der Waals surface area contributed by atoms with Crippen molar-refractivity contribution in [1.29, 1.82) is 0 Å². The second-order valence-corrected chi connectivity index (χ2v) is 8.59. The number of piperazine rings is 1. The van der Waals surface area contributed by atoms with Crippen LogP contribution in [0.2, 0.25) is 0 Å². The van der Waals surface area contributed by atoms with Crippen molar-refractivity contribution in [3.63, 3.8) is 0 Å². The molecule has 3 fully saturated rings. The van der Waals surface area contributed by atoms with E-state index in [0.29, 0.717) is 6.04 Å². The first-order valence-corrected chi connectivity index (χ1v) is 10.8. The van der Waals surface area contributed by atoms with Crippen LogP contribution in [0.5, 0.6) is 0 Å². The van der Waals surface area contributed by atoms with Gasteiger partial charge in [-0.05, 0) is 26.9 Å². The van der Waals surface area contributed by atoms with Crippen molar-refractivity contribution in [2.45, 2.75) is 43.7 Å². The van der Waals surface area contributed by atoms with Gasteiger partial charge < -0.3 is 20.3 Å². The van der Waals surface area contributed by atoms with Gasteiger partial charge in [-0.25, -0.2) is 0 Å². The van der Waals surface area contributed by atoms with Crippen LogP contribution in [-0.2, 0) is 4.74 Å². The van der Waals surface area contributed by atoms with Gasteiger partial charge in [-0.1, -0.05) is 19.3 Å². The zero-order valence-electron chi connectivity index (χ0n) is 17.7. The van der Waals surface area contributed by atoms with Crippen LogP contribution in [0.15, 0.2) is 4.99 Å². The molecular weight excluding hydrogens is 340 g/mol. The summed E-state index contributed by atoms with van der Waals surface area (Å²) in [4.78, 5) is 12.0. The third-order valence-electron chi connectivity index (χ3n) is 6.76. The summed E-state index contributed by atoms with van der Waals surface area (Å²) in [6, 6.07) is 0.533. The fraction of sp³-hybridized carbons (Fsp3) is 0.950. The fourth-order valence-electron chi connectivity index (χ4n) is 4.86. The minimum absolute atomic E-state index is 0.265. The number of rotatable bonds is 5. The summed E-state index contributed by atoms with van der Waals surface area (Å²) in [5.41, 5.74) is 0.265. The van der Waals surface area contributed by atoms with Gasteiger partial charge in [0.25, 0.3) is 0 Å². The standard InChI is InChI=1S/C20H40N6O/c1-21-19(22-15-18-16-24(2)9-10-25(18)3)23-17-20(7-5-4-6-8-20)26-11-13-27-14-12-26/h18H,4-17H2,1-3H3,(H2,21,22,23). The first-order valence-electron chi connectivity index (χ1n) is 10.8. The molecule has 0 aromatic rings. The highest BCUT2D eigenvalue weighted by Gasteiger charge is 2.38. The zero-order chi connectivity index (χ0) is 19.1. The van der Waals surface area contributed by atoms with Crippen molar-refractivity contribution in [3.8, 4) is 0 Å². The normalized spacial score (nSPS) is 28.9. The van der Waals surface area contributed by atoms with Crippen LogP contribution in [0, 0.1) is 0 Å². The minimum Gasteiger partial charge on any atom is -0.379 e. The summed E-state index contributed by atoms with van der Waals surface area (Å²) in [5, 5.41) is 7.24. The van der Waals surface area contributed by atoms with Gasteiger partial charge in [-0.2, -0.15) is 0 Å². The molecular formula is C20H40N6O. The Kier molecular flexibility index (Phi) is 7.75. The largest absolute Gasteiger partial charge is 0.379 e. The number of morpholine rings is 1. The topological polar surface area (TPSA) is 55.4 Å². The number of likely N-dealkylation sites (N-methyl/N-ethyl adjacent to an activating group) is 2. The van der Waals surface area contributed by atoms with E-state index in [1.54, 1.807) is 0 Å². The maximum Gasteiger partial charge on any atom is 0.191 e. The lowest BCUT2D eigenvalue weighted by atomic mass is 9.80. The highest BCUT2D eigenvalue weighted by atomic mass is 16.5. The van der Waals surface area contributed by atoms with E-state index in [9.17, 15) is 0 Å². The SMILES string of the molecule is CN=C(NCC1CN(C)CCN1C)NCC1(N2CCOCC2)CCCCC1. The molecule has 1 atom stereocenters. The Morgan fingerprint density at radius 3 is 2.48 bits per heavy atom. The second-order valence-electron chi connectivity index (χ2n) is 8.59. The molecule has 1 aliphatic carbocycles. The number of ether oxygens (including phenoxy) is 1. The fourth-order valence-corrected chi connectivity index (χ4v) is 4.86. The molecule has 0 radical (unpaired) electrons. The van der Waals surface area contributed by atoms with E-state index in [2.05, 4.69) is 44.4 Å². The van der Waals surface area contributed by atoms with Gasteiger partial charge in [0.1, 0.15) is 0 Å². The monoisotopic (exact) mass is 380 g/mol. The van der Waals surface area contributed by atoms with Crippen molar-refractivity contribution in [1.82, 2.24) is 25.3 Å². The molecule has 2 aliphatic heterocycles.